The van der Waals surface area contributed by atoms with E-state index in [0.29, 0.717) is 23.0 Å². The number of ether oxygens (including phenoxy) is 3. The van der Waals surface area contributed by atoms with Crippen molar-refractivity contribution < 1.29 is 23.8 Å². The molecule has 0 heterocycles. The van der Waals surface area contributed by atoms with Crippen molar-refractivity contribution >= 4 is 18.0 Å². The highest BCUT2D eigenvalue weighted by Crippen LogP contribution is 2.28. The van der Waals surface area contributed by atoms with Crippen LogP contribution in [-0.4, -0.2) is 37.7 Å². The largest absolute Gasteiger partial charge is 0.493 e. The van der Waals surface area contributed by atoms with E-state index in [2.05, 4.69) is 12.2 Å². The first-order valence-corrected chi connectivity index (χ1v) is 9.81. The molecule has 1 amide bonds. The molecule has 1 saturated carbocycles. The number of hydrogen-bond acceptors (Lipinski definition) is 6. The Morgan fingerprint density at radius 1 is 1.31 bits per heavy atom. The number of rotatable bonds is 8. The van der Waals surface area contributed by atoms with Gasteiger partial charge in [-0.15, -0.1) is 0 Å². The second kappa shape index (κ2) is 11.1. The fourth-order valence-corrected chi connectivity index (χ4v) is 3.28. The Balaban J connectivity index is 1.89. The van der Waals surface area contributed by atoms with Crippen LogP contribution in [0.1, 0.15) is 45.1 Å². The molecular formula is C22H28N2O5. The normalized spacial score (nSPS) is 19.8. The van der Waals surface area contributed by atoms with Gasteiger partial charge in [-0.2, -0.15) is 5.26 Å². The Morgan fingerprint density at radius 3 is 2.76 bits per heavy atom. The van der Waals surface area contributed by atoms with Crippen LogP contribution in [0.4, 0.5) is 0 Å². The Labute approximate surface area is 171 Å². The van der Waals surface area contributed by atoms with Crippen LogP contribution in [0.2, 0.25) is 0 Å². The fraction of sp³-hybridized carbons (Fsp3) is 0.500. The van der Waals surface area contributed by atoms with Gasteiger partial charge in [0, 0.05) is 12.1 Å². The molecule has 0 aromatic heterocycles. The predicted octanol–water partition coefficient (Wildman–Crippen LogP) is 3.24. The van der Waals surface area contributed by atoms with Gasteiger partial charge in [0.2, 0.25) is 0 Å². The summed E-state index contributed by atoms with van der Waals surface area (Å²) in [5.41, 5.74) is 0.691. The highest BCUT2D eigenvalue weighted by Gasteiger charge is 2.25. The van der Waals surface area contributed by atoms with Gasteiger partial charge in [0.1, 0.15) is 6.07 Å². The number of nitrogens with zero attached hydrogens (tertiary/aromatic N) is 1. The van der Waals surface area contributed by atoms with Gasteiger partial charge in [-0.3, -0.25) is 4.79 Å². The van der Waals surface area contributed by atoms with Gasteiger partial charge in [0.15, 0.2) is 24.2 Å². The molecule has 0 bridgehead atoms. The molecule has 1 aromatic carbocycles. The third-order valence-corrected chi connectivity index (χ3v) is 4.99. The zero-order valence-corrected chi connectivity index (χ0v) is 17.1. The van der Waals surface area contributed by atoms with Crippen molar-refractivity contribution in [3.05, 3.63) is 29.8 Å². The van der Waals surface area contributed by atoms with Crippen molar-refractivity contribution in [3.63, 3.8) is 0 Å². The maximum atomic E-state index is 12.3. The number of benzene rings is 1. The molecule has 156 valence electrons. The Bertz CT molecular complexity index is 784. The average Bonchev–Trinajstić information content (AvgIpc) is 2.72. The summed E-state index contributed by atoms with van der Waals surface area (Å²) in [7, 11) is 1.49. The van der Waals surface area contributed by atoms with Crippen LogP contribution in [-0.2, 0) is 14.3 Å². The predicted molar refractivity (Wildman–Crippen MR) is 108 cm³/mol. The summed E-state index contributed by atoms with van der Waals surface area (Å²) in [5, 5.41) is 11.6. The van der Waals surface area contributed by atoms with Crippen molar-refractivity contribution in [2.24, 2.45) is 5.92 Å². The number of esters is 1. The third-order valence-electron chi connectivity index (χ3n) is 4.99. The minimum Gasteiger partial charge on any atom is -0.493 e. The van der Waals surface area contributed by atoms with Gasteiger partial charge in [-0.05, 0) is 49.5 Å². The van der Waals surface area contributed by atoms with Crippen LogP contribution < -0.4 is 14.8 Å². The van der Waals surface area contributed by atoms with Crippen molar-refractivity contribution in [2.45, 2.75) is 51.7 Å². The molecule has 1 aliphatic rings. The molecule has 3 atom stereocenters. The second-order valence-electron chi connectivity index (χ2n) is 7.15. The van der Waals surface area contributed by atoms with E-state index < -0.39 is 12.1 Å². The van der Waals surface area contributed by atoms with Gasteiger partial charge < -0.3 is 19.5 Å². The van der Waals surface area contributed by atoms with Crippen LogP contribution in [0.3, 0.4) is 0 Å². The molecular weight excluding hydrogens is 372 g/mol. The topological polar surface area (TPSA) is 97.7 Å². The lowest BCUT2D eigenvalue weighted by Gasteiger charge is -2.30. The molecule has 0 radical (unpaired) electrons. The van der Waals surface area contributed by atoms with Crippen molar-refractivity contribution in [1.29, 1.82) is 5.26 Å². The molecule has 2 rings (SSSR count). The van der Waals surface area contributed by atoms with Gasteiger partial charge in [0.25, 0.3) is 5.91 Å². The van der Waals surface area contributed by atoms with Gasteiger partial charge >= 0.3 is 5.97 Å². The van der Waals surface area contributed by atoms with Crippen LogP contribution >= 0.6 is 0 Å². The minimum absolute atomic E-state index is 0.0859. The smallest absolute Gasteiger partial charge is 0.331 e. The fourth-order valence-electron chi connectivity index (χ4n) is 3.28. The van der Waals surface area contributed by atoms with Gasteiger partial charge in [0.05, 0.1) is 7.11 Å². The first kappa shape index (κ1) is 22.3. The Kier molecular flexibility index (Phi) is 8.53. The number of nitrogens with one attached hydrogen (secondary N) is 1. The molecule has 0 aliphatic heterocycles. The second-order valence-corrected chi connectivity index (χ2v) is 7.15. The lowest BCUT2D eigenvalue weighted by molar-refractivity contribution is -0.150. The van der Waals surface area contributed by atoms with E-state index in [0.717, 1.165) is 19.3 Å². The molecule has 7 heteroatoms. The lowest BCUT2D eigenvalue weighted by atomic mass is 9.86. The van der Waals surface area contributed by atoms with Crippen LogP contribution in [0.5, 0.6) is 11.5 Å². The summed E-state index contributed by atoms with van der Waals surface area (Å²) < 4.78 is 15.7. The number of nitriles is 1. The SMILES string of the molecule is COc1cc(/C=C/C(=O)OC(C)C(=O)NC2CCCCC2C)ccc1OCC#N. The zero-order valence-electron chi connectivity index (χ0n) is 17.1. The number of amides is 1. The summed E-state index contributed by atoms with van der Waals surface area (Å²) in [6.07, 6.45) is 6.33. The van der Waals surface area contributed by atoms with Gasteiger partial charge in [-0.25, -0.2) is 4.79 Å². The number of carbonyl (C=O) groups excluding carboxylic acids is 2. The summed E-state index contributed by atoms with van der Waals surface area (Å²) in [6.45, 7) is 3.62. The van der Waals surface area contributed by atoms with E-state index in [1.54, 1.807) is 31.2 Å². The summed E-state index contributed by atoms with van der Waals surface area (Å²) in [4.78, 5) is 24.4. The maximum Gasteiger partial charge on any atom is 0.331 e. The van der Waals surface area contributed by atoms with E-state index in [-0.39, 0.29) is 18.6 Å². The number of hydrogen-bond donors (Lipinski definition) is 1. The molecule has 1 fully saturated rings. The molecule has 0 spiro atoms. The van der Waals surface area contributed by atoms with E-state index in [4.69, 9.17) is 19.5 Å². The maximum absolute atomic E-state index is 12.3. The van der Waals surface area contributed by atoms with E-state index in [9.17, 15) is 9.59 Å². The zero-order chi connectivity index (χ0) is 21.2. The Hall–Kier alpha value is -3.01. The molecule has 7 nitrogen and oxygen atoms in total. The molecule has 1 aliphatic carbocycles. The monoisotopic (exact) mass is 400 g/mol. The van der Waals surface area contributed by atoms with Crippen LogP contribution in [0.25, 0.3) is 6.08 Å². The quantitative estimate of drug-likeness (QED) is 0.531. The summed E-state index contributed by atoms with van der Waals surface area (Å²) in [6, 6.07) is 7.09. The van der Waals surface area contributed by atoms with Crippen molar-refractivity contribution in [3.8, 4) is 17.6 Å². The Morgan fingerprint density at radius 2 is 2.07 bits per heavy atom. The minimum atomic E-state index is -0.863. The summed E-state index contributed by atoms with van der Waals surface area (Å²) >= 11 is 0. The van der Waals surface area contributed by atoms with Gasteiger partial charge in [-0.1, -0.05) is 25.8 Å². The van der Waals surface area contributed by atoms with Crippen molar-refractivity contribution in [1.82, 2.24) is 5.32 Å². The molecule has 0 saturated heterocycles. The standard InChI is InChI=1S/C22H28N2O5/c1-15-6-4-5-7-18(15)24-22(26)16(2)29-21(25)11-9-17-8-10-19(28-13-12-23)20(14-17)27-3/h8-11,14-16,18H,4-7,13H2,1-3H3,(H,24,26)/b11-9+. The van der Waals surface area contributed by atoms with Crippen molar-refractivity contribution in [2.75, 3.05) is 13.7 Å². The van der Waals surface area contributed by atoms with Crippen LogP contribution in [0.15, 0.2) is 24.3 Å². The number of carbonyl (C=O) groups is 2. The molecule has 1 N–H and O–H groups in total. The first-order chi connectivity index (χ1) is 13.9. The third kappa shape index (κ3) is 6.83. The first-order valence-electron chi connectivity index (χ1n) is 9.81. The van der Waals surface area contributed by atoms with Crippen LogP contribution in [0, 0.1) is 17.2 Å². The number of methoxy groups -OCH3 is 1. The van der Waals surface area contributed by atoms with E-state index >= 15 is 0 Å². The highest BCUT2D eigenvalue weighted by molar-refractivity contribution is 5.90. The molecule has 3 unspecified atom stereocenters. The highest BCUT2D eigenvalue weighted by atomic mass is 16.5. The molecule has 29 heavy (non-hydrogen) atoms. The van der Waals surface area contributed by atoms with E-state index in [1.807, 2.05) is 6.07 Å². The average molecular weight is 400 g/mol. The lowest BCUT2D eigenvalue weighted by Crippen LogP contribution is -2.45. The molecule has 1 aromatic rings. The van der Waals surface area contributed by atoms with E-state index in [1.165, 1.54) is 19.6 Å². The summed E-state index contributed by atoms with van der Waals surface area (Å²) in [5.74, 6) is 0.450.